The van der Waals surface area contributed by atoms with Crippen LogP contribution in [0.4, 0.5) is 0 Å². The lowest BCUT2D eigenvalue weighted by Crippen LogP contribution is -2.47. The highest BCUT2D eigenvalue weighted by molar-refractivity contribution is 7.98. The van der Waals surface area contributed by atoms with E-state index < -0.39 is 6.10 Å². The number of rotatable bonds is 6. The minimum atomic E-state index is -0.568. The molecule has 0 amide bonds. The molecule has 0 aliphatic carbocycles. The quantitative estimate of drug-likeness (QED) is 0.552. The van der Waals surface area contributed by atoms with Gasteiger partial charge in [0.1, 0.15) is 11.7 Å². The molecule has 1 fully saturated rings. The smallest absolute Gasteiger partial charge is 0.105 e. The second-order valence-electron chi connectivity index (χ2n) is 6.70. The largest absolute Gasteiger partial charge is 0.404 e. The molecular formula is C18H26ClN3O2S2. The lowest BCUT2D eigenvalue weighted by molar-refractivity contribution is -0.127. The van der Waals surface area contributed by atoms with Gasteiger partial charge in [-0.2, -0.15) is 11.8 Å². The summed E-state index contributed by atoms with van der Waals surface area (Å²) in [5.74, 6) is 1.02. The highest BCUT2D eigenvalue weighted by Gasteiger charge is 2.44. The predicted molar refractivity (Wildman–Crippen MR) is 112 cm³/mol. The molecule has 2 aliphatic rings. The normalized spacial score (nSPS) is 23.7. The Bertz CT molecular complexity index is 669. The van der Waals surface area contributed by atoms with Crippen LogP contribution in [0.15, 0.2) is 22.8 Å². The molecule has 0 radical (unpaired) electrons. The zero-order valence-corrected chi connectivity index (χ0v) is 17.4. The van der Waals surface area contributed by atoms with Gasteiger partial charge in [-0.1, -0.05) is 11.6 Å². The number of hydrogen-bond donors (Lipinski definition) is 2. The number of likely N-dealkylation sites (tertiary alicyclic amines) is 1. The van der Waals surface area contributed by atoms with Gasteiger partial charge in [-0.15, -0.1) is 11.3 Å². The van der Waals surface area contributed by atoms with Crippen molar-refractivity contribution in [1.82, 2.24) is 4.90 Å². The van der Waals surface area contributed by atoms with E-state index in [1.165, 1.54) is 0 Å². The first-order chi connectivity index (χ1) is 12.6. The van der Waals surface area contributed by atoms with E-state index >= 15 is 0 Å². The van der Waals surface area contributed by atoms with Crippen molar-refractivity contribution in [3.05, 3.63) is 32.6 Å². The summed E-state index contributed by atoms with van der Waals surface area (Å²) in [6.45, 7) is 3.80. The van der Waals surface area contributed by atoms with Crippen molar-refractivity contribution in [2.75, 3.05) is 44.8 Å². The van der Waals surface area contributed by atoms with Gasteiger partial charge in [0.15, 0.2) is 0 Å². The number of ether oxygens (including phenoxy) is 1. The molecule has 1 atom stereocenters. The molecule has 0 saturated carbocycles. The van der Waals surface area contributed by atoms with Gasteiger partial charge in [-0.05, 0) is 36.9 Å². The Morgan fingerprint density at radius 1 is 1.58 bits per heavy atom. The molecule has 0 bridgehead atoms. The zero-order valence-electron chi connectivity index (χ0n) is 15.0. The van der Waals surface area contributed by atoms with Crippen molar-refractivity contribution < 1.29 is 9.84 Å². The molecule has 1 spiro atoms. The summed E-state index contributed by atoms with van der Waals surface area (Å²) in [5.41, 5.74) is 7.46. The van der Waals surface area contributed by atoms with Crippen LogP contribution in [0.5, 0.6) is 0 Å². The summed E-state index contributed by atoms with van der Waals surface area (Å²) >= 11 is 9.54. The van der Waals surface area contributed by atoms with Crippen molar-refractivity contribution in [1.29, 1.82) is 0 Å². The van der Waals surface area contributed by atoms with Gasteiger partial charge in [0.05, 0.1) is 10.9 Å². The number of nitrogens with two attached hydrogens (primary N) is 1. The molecule has 1 aromatic rings. The van der Waals surface area contributed by atoms with Crippen LogP contribution in [-0.4, -0.2) is 61.0 Å². The Morgan fingerprint density at radius 2 is 2.35 bits per heavy atom. The second-order valence-corrected chi connectivity index (χ2v) is 9.37. The number of piperidine rings is 1. The zero-order chi connectivity index (χ0) is 18.6. The number of aliphatic hydroxyl groups excluding tert-OH is 1. The molecule has 3 heterocycles. The van der Waals surface area contributed by atoms with E-state index in [0.29, 0.717) is 6.61 Å². The van der Waals surface area contributed by atoms with Crippen LogP contribution in [0.3, 0.4) is 0 Å². The predicted octanol–water partition coefficient (Wildman–Crippen LogP) is 3.03. The summed E-state index contributed by atoms with van der Waals surface area (Å²) in [6, 6.07) is 1.89. The highest BCUT2D eigenvalue weighted by Crippen LogP contribution is 2.48. The summed E-state index contributed by atoms with van der Waals surface area (Å²) in [7, 11) is 0. The molecule has 3 N–H and O–H groups in total. The van der Waals surface area contributed by atoms with E-state index in [9.17, 15) is 5.11 Å². The van der Waals surface area contributed by atoms with Gasteiger partial charge >= 0.3 is 0 Å². The third-order valence-corrected chi connectivity index (χ3v) is 7.04. The van der Waals surface area contributed by atoms with Gasteiger partial charge in [-0.25, -0.2) is 0 Å². The molecule has 5 nitrogen and oxygen atoms in total. The molecule has 144 valence electrons. The molecule has 1 unspecified atom stereocenters. The monoisotopic (exact) mass is 415 g/mol. The third kappa shape index (κ3) is 4.46. The molecule has 26 heavy (non-hydrogen) atoms. The van der Waals surface area contributed by atoms with E-state index in [0.717, 1.165) is 65.1 Å². The maximum Gasteiger partial charge on any atom is 0.105 e. The Labute approximate surface area is 168 Å². The van der Waals surface area contributed by atoms with Gasteiger partial charge in [0.25, 0.3) is 0 Å². The fraction of sp³-hybridized carbons (Fsp3) is 0.611. The summed E-state index contributed by atoms with van der Waals surface area (Å²) in [6.07, 6.45) is 6.84. The first-order valence-corrected chi connectivity index (χ1v) is 11.4. The standard InChI is InChI=1S/C18H26ClN3O2S2/c1-25-7-4-21-10-13(9-20)11-22-5-2-18(3-6-22)17-14(8-16(19)26-17)15(23)12-24-18/h8-10,15,23H,2-7,11-12,20H2,1H3. The first kappa shape index (κ1) is 20.2. The first-order valence-electron chi connectivity index (χ1n) is 8.81. The van der Waals surface area contributed by atoms with Crippen LogP contribution in [-0.2, 0) is 10.3 Å². The molecule has 0 aromatic carbocycles. The lowest BCUT2D eigenvalue weighted by atomic mass is 9.84. The van der Waals surface area contributed by atoms with Crippen molar-refractivity contribution >= 4 is 40.9 Å². The number of aliphatic imine (C=N–C) groups is 1. The minimum absolute atomic E-state index is 0.304. The fourth-order valence-electron chi connectivity index (χ4n) is 3.54. The fourth-order valence-corrected chi connectivity index (χ4v) is 5.32. The number of hydrogen-bond acceptors (Lipinski definition) is 7. The highest BCUT2D eigenvalue weighted by atomic mass is 35.5. The van der Waals surface area contributed by atoms with E-state index in [1.807, 2.05) is 12.3 Å². The van der Waals surface area contributed by atoms with Gasteiger partial charge < -0.3 is 15.6 Å². The summed E-state index contributed by atoms with van der Waals surface area (Å²) in [5, 5.41) is 10.2. The second kappa shape index (κ2) is 9.08. The number of thioether (sulfide) groups is 1. The average molecular weight is 416 g/mol. The molecular weight excluding hydrogens is 390 g/mol. The van der Waals surface area contributed by atoms with Crippen molar-refractivity contribution in [2.24, 2.45) is 10.7 Å². The lowest BCUT2D eigenvalue weighted by Gasteiger charge is -2.44. The number of thiophene rings is 1. The molecule has 1 saturated heterocycles. The van der Waals surface area contributed by atoms with Crippen molar-refractivity contribution in [3.63, 3.8) is 0 Å². The van der Waals surface area contributed by atoms with Gasteiger partial charge in [0.2, 0.25) is 0 Å². The van der Waals surface area contributed by atoms with Crippen molar-refractivity contribution in [2.45, 2.75) is 24.5 Å². The van der Waals surface area contributed by atoms with E-state index in [-0.39, 0.29) is 5.60 Å². The van der Waals surface area contributed by atoms with E-state index in [2.05, 4.69) is 16.1 Å². The van der Waals surface area contributed by atoms with Gasteiger partial charge in [-0.3, -0.25) is 9.89 Å². The Morgan fingerprint density at radius 3 is 3.04 bits per heavy atom. The van der Waals surface area contributed by atoms with Crippen LogP contribution >= 0.6 is 34.7 Å². The topological polar surface area (TPSA) is 71.1 Å². The SMILES string of the molecule is CSCCN=CC(=CN)CN1CCC2(CC1)OCC(O)c1cc(Cl)sc12. The van der Waals surface area contributed by atoms with Crippen LogP contribution < -0.4 is 5.73 Å². The Kier molecular flexibility index (Phi) is 7.05. The summed E-state index contributed by atoms with van der Waals surface area (Å²) in [4.78, 5) is 7.92. The average Bonchev–Trinajstić information content (AvgIpc) is 3.06. The number of nitrogens with zero attached hydrogens (tertiary/aromatic N) is 2. The molecule has 8 heteroatoms. The maximum absolute atomic E-state index is 10.2. The molecule has 3 rings (SSSR count). The summed E-state index contributed by atoms with van der Waals surface area (Å²) < 4.78 is 6.86. The minimum Gasteiger partial charge on any atom is -0.404 e. The Hall–Kier alpha value is -0.570. The van der Waals surface area contributed by atoms with Crippen LogP contribution in [0, 0.1) is 0 Å². The number of fused-ring (bicyclic) bond motifs is 2. The molecule has 2 aliphatic heterocycles. The van der Waals surface area contributed by atoms with Crippen LogP contribution in [0.25, 0.3) is 0 Å². The van der Waals surface area contributed by atoms with Crippen molar-refractivity contribution in [3.8, 4) is 0 Å². The number of aliphatic hydroxyl groups is 1. The van der Waals surface area contributed by atoms with E-state index in [1.54, 1.807) is 29.3 Å². The Balaban J connectivity index is 1.61. The maximum atomic E-state index is 10.2. The van der Waals surface area contributed by atoms with Gasteiger partial charge in [0, 0.05) is 48.6 Å². The number of halogens is 1. The van der Waals surface area contributed by atoms with E-state index in [4.69, 9.17) is 22.1 Å². The third-order valence-electron chi connectivity index (χ3n) is 4.99. The van der Waals surface area contributed by atoms with Crippen LogP contribution in [0.2, 0.25) is 4.34 Å². The molecule has 1 aromatic heterocycles. The van der Waals surface area contributed by atoms with Crippen LogP contribution in [0.1, 0.15) is 29.4 Å².